The number of benzene rings is 1. The Morgan fingerprint density at radius 2 is 2.06 bits per heavy atom. The van der Waals surface area contributed by atoms with Crippen LogP contribution in [0.5, 0.6) is 0 Å². The van der Waals surface area contributed by atoms with Crippen molar-refractivity contribution in [3.05, 3.63) is 52.0 Å². The lowest BCUT2D eigenvalue weighted by Crippen LogP contribution is -1.95. The lowest BCUT2D eigenvalue weighted by molar-refractivity contribution is 0.620. The highest BCUT2D eigenvalue weighted by atomic mass is 35.5. The zero-order valence-corrected chi connectivity index (χ0v) is 10.6. The maximum Gasteiger partial charge on any atom is 0.142 e. The van der Waals surface area contributed by atoms with Crippen molar-refractivity contribution >= 4 is 23.2 Å². The van der Waals surface area contributed by atoms with Crippen LogP contribution >= 0.6 is 23.2 Å². The molecule has 0 aliphatic carbocycles. The molecule has 2 rings (SSSR count). The summed E-state index contributed by atoms with van der Waals surface area (Å²) in [4.78, 5) is 3.92. The first-order valence-corrected chi connectivity index (χ1v) is 5.85. The van der Waals surface area contributed by atoms with Crippen molar-refractivity contribution < 1.29 is 4.39 Å². The first-order chi connectivity index (χ1) is 8.63. The molecule has 1 heterocycles. The Bertz CT molecular complexity index is 635. The maximum absolute atomic E-state index is 13.3. The highest BCUT2D eigenvalue weighted by Crippen LogP contribution is 2.35. The van der Waals surface area contributed by atoms with Crippen LogP contribution in [0, 0.1) is 17.1 Å². The fraction of sp³-hybridized carbons (Fsp3) is 0.0769. The number of halogens is 3. The summed E-state index contributed by atoms with van der Waals surface area (Å²) in [6.45, 7) is 0. The summed E-state index contributed by atoms with van der Waals surface area (Å²) in [6, 6.07) is 8.36. The average Bonchev–Trinajstić information content (AvgIpc) is 2.35. The Hall–Kier alpha value is -1.63. The molecule has 18 heavy (non-hydrogen) atoms. The van der Waals surface area contributed by atoms with Crippen LogP contribution < -0.4 is 0 Å². The van der Waals surface area contributed by atoms with Gasteiger partial charge in [-0.2, -0.15) is 5.26 Å². The zero-order valence-electron chi connectivity index (χ0n) is 9.12. The molecule has 0 fully saturated rings. The predicted molar refractivity (Wildman–Crippen MR) is 69.0 cm³/mol. The first-order valence-electron chi connectivity index (χ1n) is 5.09. The van der Waals surface area contributed by atoms with Crippen LogP contribution in [0.15, 0.2) is 30.5 Å². The molecule has 0 spiro atoms. The van der Waals surface area contributed by atoms with Gasteiger partial charge in [-0.05, 0) is 12.1 Å². The third-order valence-corrected chi connectivity index (χ3v) is 3.24. The quantitative estimate of drug-likeness (QED) is 0.824. The highest BCUT2D eigenvalue weighted by molar-refractivity contribution is 6.43. The molecule has 2 aromatic rings. The molecule has 0 aliphatic heterocycles. The topological polar surface area (TPSA) is 36.7 Å². The fourth-order valence-corrected chi connectivity index (χ4v) is 2.03. The van der Waals surface area contributed by atoms with E-state index in [0.717, 1.165) is 6.20 Å². The van der Waals surface area contributed by atoms with Crippen LogP contribution in [0.2, 0.25) is 10.0 Å². The smallest absolute Gasteiger partial charge is 0.142 e. The second-order valence-corrected chi connectivity index (χ2v) is 4.37. The largest absolute Gasteiger partial charge is 0.257 e. The van der Waals surface area contributed by atoms with E-state index in [9.17, 15) is 4.39 Å². The van der Waals surface area contributed by atoms with Gasteiger partial charge in [-0.25, -0.2) is 4.39 Å². The summed E-state index contributed by atoms with van der Waals surface area (Å²) in [6.07, 6.45) is 1.16. The van der Waals surface area contributed by atoms with E-state index in [-0.39, 0.29) is 6.42 Å². The Morgan fingerprint density at radius 1 is 1.28 bits per heavy atom. The van der Waals surface area contributed by atoms with Crippen molar-refractivity contribution in [1.29, 1.82) is 5.26 Å². The number of nitrogens with zero attached hydrogens (tertiary/aromatic N) is 2. The third-order valence-electron chi connectivity index (χ3n) is 2.43. The van der Waals surface area contributed by atoms with E-state index in [1.54, 1.807) is 18.2 Å². The van der Waals surface area contributed by atoms with Gasteiger partial charge in [0.25, 0.3) is 0 Å². The van der Waals surface area contributed by atoms with Crippen molar-refractivity contribution in [2.75, 3.05) is 0 Å². The van der Waals surface area contributed by atoms with Gasteiger partial charge >= 0.3 is 0 Å². The standard InChI is InChI=1S/C13H7Cl2FN2/c14-11-3-1-2-9(13(11)15)10-6-8(16)7-18-12(10)4-5-17/h1-3,6-7H,4H2. The summed E-state index contributed by atoms with van der Waals surface area (Å²) >= 11 is 12.0. The van der Waals surface area contributed by atoms with Crippen molar-refractivity contribution in [2.45, 2.75) is 6.42 Å². The van der Waals surface area contributed by atoms with E-state index in [0.29, 0.717) is 26.9 Å². The van der Waals surface area contributed by atoms with E-state index >= 15 is 0 Å². The Kier molecular flexibility index (Phi) is 3.81. The third kappa shape index (κ3) is 2.45. The Balaban J connectivity index is 2.66. The molecule has 0 radical (unpaired) electrons. The first kappa shape index (κ1) is 12.8. The summed E-state index contributed by atoms with van der Waals surface area (Å²) < 4.78 is 13.3. The molecular weight excluding hydrogens is 274 g/mol. The minimum atomic E-state index is -0.484. The molecule has 0 saturated heterocycles. The monoisotopic (exact) mass is 280 g/mol. The molecule has 0 unspecified atom stereocenters. The average molecular weight is 281 g/mol. The number of rotatable bonds is 2. The molecule has 1 aromatic heterocycles. The normalized spacial score (nSPS) is 10.1. The van der Waals surface area contributed by atoms with Crippen LogP contribution in [0.1, 0.15) is 5.69 Å². The zero-order chi connectivity index (χ0) is 13.1. The van der Waals surface area contributed by atoms with Gasteiger partial charge in [0, 0.05) is 11.1 Å². The van der Waals surface area contributed by atoms with E-state index in [4.69, 9.17) is 28.5 Å². The second-order valence-electron chi connectivity index (χ2n) is 3.58. The molecule has 0 N–H and O–H groups in total. The number of nitriles is 1. The molecule has 0 atom stereocenters. The summed E-state index contributed by atoms with van der Waals surface area (Å²) in [5.41, 5.74) is 1.54. The second kappa shape index (κ2) is 5.34. The summed E-state index contributed by atoms with van der Waals surface area (Å²) in [7, 11) is 0. The Morgan fingerprint density at radius 3 is 2.78 bits per heavy atom. The van der Waals surface area contributed by atoms with E-state index < -0.39 is 5.82 Å². The Labute approximate surface area is 114 Å². The van der Waals surface area contributed by atoms with Crippen LogP contribution in [0.3, 0.4) is 0 Å². The summed E-state index contributed by atoms with van der Waals surface area (Å²) in [5, 5.41) is 9.44. The van der Waals surface area contributed by atoms with Crippen molar-refractivity contribution in [3.63, 3.8) is 0 Å². The molecule has 0 saturated carbocycles. The van der Waals surface area contributed by atoms with Crippen LogP contribution in [-0.2, 0) is 6.42 Å². The minimum Gasteiger partial charge on any atom is -0.257 e. The van der Waals surface area contributed by atoms with E-state index in [2.05, 4.69) is 4.98 Å². The number of hydrogen-bond acceptors (Lipinski definition) is 2. The lowest BCUT2D eigenvalue weighted by atomic mass is 10.0. The molecular formula is C13H7Cl2FN2. The van der Waals surface area contributed by atoms with E-state index in [1.807, 2.05) is 6.07 Å². The van der Waals surface area contributed by atoms with Crippen molar-refractivity contribution in [2.24, 2.45) is 0 Å². The van der Waals surface area contributed by atoms with Crippen LogP contribution in [0.25, 0.3) is 11.1 Å². The molecule has 90 valence electrons. The van der Waals surface area contributed by atoms with Crippen molar-refractivity contribution in [3.8, 4) is 17.2 Å². The summed E-state index contributed by atoms with van der Waals surface area (Å²) in [5.74, 6) is -0.484. The molecule has 0 aliphatic rings. The molecule has 0 bridgehead atoms. The van der Waals surface area contributed by atoms with E-state index in [1.165, 1.54) is 6.07 Å². The van der Waals surface area contributed by atoms with Crippen LogP contribution in [-0.4, -0.2) is 4.98 Å². The van der Waals surface area contributed by atoms with Gasteiger partial charge in [0.1, 0.15) is 5.82 Å². The van der Waals surface area contributed by atoms with Gasteiger partial charge in [0.15, 0.2) is 0 Å². The molecule has 5 heteroatoms. The van der Waals surface area contributed by atoms with Gasteiger partial charge in [-0.15, -0.1) is 0 Å². The minimum absolute atomic E-state index is 0.0818. The van der Waals surface area contributed by atoms with Crippen LogP contribution in [0.4, 0.5) is 4.39 Å². The van der Waals surface area contributed by atoms with Gasteiger partial charge in [-0.3, -0.25) is 4.98 Å². The predicted octanol–water partition coefficient (Wildman–Crippen LogP) is 4.26. The maximum atomic E-state index is 13.3. The molecule has 1 aromatic carbocycles. The van der Waals surface area contributed by atoms with Gasteiger partial charge in [0.05, 0.1) is 34.4 Å². The number of aromatic nitrogens is 1. The highest BCUT2D eigenvalue weighted by Gasteiger charge is 2.13. The fourth-order valence-electron chi connectivity index (χ4n) is 1.63. The number of hydrogen-bond donors (Lipinski definition) is 0. The molecule has 0 amide bonds. The number of pyridine rings is 1. The van der Waals surface area contributed by atoms with Gasteiger partial charge in [-0.1, -0.05) is 35.3 Å². The molecule has 2 nitrogen and oxygen atoms in total. The van der Waals surface area contributed by atoms with Crippen molar-refractivity contribution in [1.82, 2.24) is 4.98 Å². The van der Waals surface area contributed by atoms with Gasteiger partial charge in [0.2, 0.25) is 0 Å². The van der Waals surface area contributed by atoms with Gasteiger partial charge < -0.3 is 0 Å². The SMILES string of the molecule is N#CCc1ncc(F)cc1-c1cccc(Cl)c1Cl. The lowest BCUT2D eigenvalue weighted by Gasteiger charge is -2.09.